The molecule has 0 spiro atoms. The first kappa shape index (κ1) is 24.1. The molecule has 0 saturated carbocycles. The molecule has 1 aliphatic carbocycles. The number of fused-ring (bicyclic) bond motifs is 2. The predicted octanol–water partition coefficient (Wildman–Crippen LogP) is 6.34. The molecule has 1 N–H and O–H groups in total. The van der Waals surface area contributed by atoms with E-state index in [9.17, 15) is 23.2 Å². The third-order valence-corrected chi connectivity index (χ3v) is 7.72. The molecule has 1 aliphatic rings. The number of nitriles is 1. The van der Waals surface area contributed by atoms with Gasteiger partial charge in [-0.1, -0.05) is 20.8 Å². The summed E-state index contributed by atoms with van der Waals surface area (Å²) in [5, 5.41) is 16.8. The molecule has 7 nitrogen and oxygen atoms in total. The summed E-state index contributed by atoms with van der Waals surface area (Å²) in [6.45, 7) is 6.57. The smallest absolute Gasteiger partial charge is 0.433 e. The van der Waals surface area contributed by atoms with E-state index < -0.39 is 17.8 Å². The first-order chi connectivity index (χ1) is 17.0. The number of anilines is 1. The Morgan fingerprint density at radius 2 is 2.08 bits per heavy atom. The first-order valence-electron chi connectivity index (χ1n) is 11.3. The van der Waals surface area contributed by atoms with Gasteiger partial charge in [-0.2, -0.15) is 23.5 Å². The van der Waals surface area contributed by atoms with E-state index in [1.54, 1.807) is 6.07 Å². The van der Waals surface area contributed by atoms with Crippen LogP contribution in [0.3, 0.4) is 0 Å². The molecule has 1 amide bonds. The average Bonchev–Trinajstić information content (AvgIpc) is 3.54. The number of carbonyl (C=O) groups excluding carboxylic acids is 1. The summed E-state index contributed by atoms with van der Waals surface area (Å²) in [5.74, 6) is -0.102. The average molecular weight is 514 g/mol. The van der Waals surface area contributed by atoms with Gasteiger partial charge in [0.2, 0.25) is 0 Å². The summed E-state index contributed by atoms with van der Waals surface area (Å²) in [7, 11) is 0. The maximum absolute atomic E-state index is 13.8. The number of amides is 1. The molecule has 1 atom stereocenters. The molecule has 0 saturated heterocycles. The SMILES string of the molecule is CC(C)(C)[C@@H]1CCc2c(sc(NC(=O)c3cc4nc(-c5ccco5)cc(C(F)(F)F)n4n3)c2C#N)C1. The zero-order valence-electron chi connectivity index (χ0n) is 19.7. The molecule has 0 radical (unpaired) electrons. The molecule has 11 heteroatoms. The van der Waals surface area contributed by atoms with Gasteiger partial charge >= 0.3 is 6.18 Å². The molecular formula is C25H22F3N5O2S. The maximum Gasteiger partial charge on any atom is 0.433 e. The number of halogens is 3. The number of aromatic nitrogens is 3. The number of carbonyl (C=O) groups is 1. The fourth-order valence-electron chi connectivity index (χ4n) is 4.54. The monoisotopic (exact) mass is 513 g/mol. The van der Waals surface area contributed by atoms with Crippen molar-refractivity contribution in [2.75, 3.05) is 5.32 Å². The van der Waals surface area contributed by atoms with Crippen molar-refractivity contribution in [3.63, 3.8) is 0 Å². The first-order valence-corrected chi connectivity index (χ1v) is 12.1. The van der Waals surface area contributed by atoms with Crippen LogP contribution in [0.2, 0.25) is 0 Å². The van der Waals surface area contributed by atoms with Gasteiger partial charge in [-0.3, -0.25) is 4.79 Å². The molecule has 0 unspecified atom stereocenters. The highest BCUT2D eigenvalue weighted by molar-refractivity contribution is 7.16. The number of hydrogen-bond donors (Lipinski definition) is 1. The van der Waals surface area contributed by atoms with Gasteiger partial charge in [-0.05, 0) is 54.4 Å². The summed E-state index contributed by atoms with van der Waals surface area (Å²) >= 11 is 1.35. The molecule has 186 valence electrons. The number of furan rings is 1. The van der Waals surface area contributed by atoms with Crippen LogP contribution in [0.15, 0.2) is 34.9 Å². The molecule has 4 aromatic rings. The van der Waals surface area contributed by atoms with E-state index in [2.05, 4.69) is 42.2 Å². The largest absolute Gasteiger partial charge is 0.463 e. The van der Waals surface area contributed by atoms with Crippen LogP contribution in [0.25, 0.3) is 17.1 Å². The van der Waals surface area contributed by atoms with Crippen molar-refractivity contribution in [3.05, 3.63) is 57.9 Å². The zero-order valence-corrected chi connectivity index (χ0v) is 20.5. The van der Waals surface area contributed by atoms with Crippen molar-refractivity contribution in [1.82, 2.24) is 14.6 Å². The second-order valence-corrected chi connectivity index (χ2v) is 11.0. The van der Waals surface area contributed by atoms with E-state index in [-0.39, 0.29) is 28.2 Å². The van der Waals surface area contributed by atoms with E-state index in [4.69, 9.17) is 4.42 Å². The number of rotatable bonds is 3. The standard InChI is InChI=1S/C25H22F3N5O2S/c1-24(2,3)13-6-7-14-15(12-29)23(36-19(14)9-13)31-22(34)17-11-21-30-16(18-5-4-8-35-18)10-20(25(26,27)28)33(21)32-17/h4-5,8,10-11,13H,6-7,9H2,1-3H3,(H,31,34)/t13-/m1/s1. The van der Waals surface area contributed by atoms with Gasteiger partial charge in [0, 0.05) is 10.9 Å². The predicted molar refractivity (Wildman–Crippen MR) is 128 cm³/mol. The van der Waals surface area contributed by atoms with Gasteiger partial charge in [-0.15, -0.1) is 11.3 Å². The number of nitrogens with zero attached hydrogens (tertiary/aromatic N) is 4. The van der Waals surface area contributed by atoms with Crippen molar-refractivity contribution in [2.45, 2.75) is 46.2 Å². The number of hydrogen-bond acceptors (Lipinski definition) is 6. The second-order valence-electron chi connectivity index (χ2n) is 9.88. The minimum absolute atomic E-state index is 0.0298. The molecular weight excluding hydrogens is 491 g/mol. The molecule has 0 aromatic carbocycles. The van der Waals surface area contributed by atoms with Gasteiger partial charge in [0.1, 0.15) is 16.8 Å². The van der Waals surface area contributed by atoms with Crippen molar-refractivity contribution in [3.8, 4) is 17.5 Å². The summed E-state index contributed by atoms with van der Waals surface area (Å²) < 4.78 is 47.2. The lowest BCUT2D eigenvalue weighted by molar-refractivity contribution is -0.142. The Bertz CT molecular complexity index is 1500. The van der Waals surface area contributed by atoms with E-state index in [1.807, 2.05) is 0 Å². The van der Waals surface area contributed by atoms with Crippen molar-refractivity contribution in [1.29, 1.82) is 5.26 Å². The quantitative estimate of drug-likeness (QED) is 0.345. The lowest BCUT2D eigenvalue weighted by Crippen LogP contribution is -2.26. The Kier molecular flexibility index (Phi) is 5.67. The Morgan fingerprint density at radius 3 is 2.72 bits per heavy atom. The Labute approximate surface area is 208 Å². The molecule has 0 aliphatic heterocycles. The van der Waals surface area contributed by atoms with Crippen LogP contribution in [0.5, 0.6) is 0 Å². The van der Waals surface area contributed by atoms with E-state index in [0.717, 1.165) is 35.8 Å². The molecule has 4 aromatic heterocycles. The normalized spacial score (nSPS) is 16.1. The number of alkyl halides is 3. The third kappa shape index (κ3) is 4.26. The molecule has 5 rings (SSSR count). The Hall–Kier alpha value is -3.65. The Balaban J connectivity index is 1.49. The molecule has 36 heavy (non-hydrogen) atoms. The van der Waals surface area contributed by atoms with Crippen LogP contribution in [0, 0.1) is 22.7 Å². The lowest BCUT2D eigenvalue weighted by atomic mass is 9.72. The van der Waals surface area contributed by atoms with Gasteiger partial charge in [0.15, 0.2) is 22.8 Å². The van der Waals surface area contributed by atoms with Crippen molar-refractivity contribution in [2.24, 2.45) is 11.3 Å². The molecule has 4 heterocycles. The van der Waals surface area contributed by atoms with E-state index in [1.165, 1.54) is 29.7 Å². The van der Waals surface area contributed by atoms with Crippen LogP contribution in [-0.4, -0.2) is 20.5 Å². The van der Waals surface area contributed by atoms with Gasteiger partial charge in [0.25, 0.3) is 5.91 Å². The van der Waals surface area contributed by atoms with E-state index in [0.29, 0.717) is 21.0 Å². The summed E-state index contributed by atoms with van der Waals surface area (Å²) in [6, 6.07) is 7.24. The summed E-state index contributed by atoms with van der Waals surface area (Å²) in [6.07, 6.45) is -0.898. The lowest BCUT2D eigenvalue weighted by Gasteiger charge is -2.33. The maximum atomic E-state index is 13.8. The topological polar surface area (TPSA) is 96.2 Å². The van der Waals surface area contributed by atoms with Crippen molar-refractivity contribution < 1.29 is 22.4 Å². The van der Waals surface area contributed by atoms with E-state index >= 15 is 0 Å². The number of thiophene rings is 1. The number of nitrogens with one attached hydrogen (secondary N) is 1. The fraction of sp³-hybridized carbons (Fsp3) is 0.360. The molecule has 0 bridgehead atoms. The fourth-order valence-corrected chi connectivity index (χ4v) is 5.81. The highest BCUT2D eigenvalue weighted by Crippen LogP contribution is 2.44. The van der Waals surface area contributed by atoms with Gasteiger partial charge < -0.3 is 9.73 Å². The highest BCUT2D eigenvalue weighted by atomic mass is 32.1. The summed E-state index contributed by atoms with van der Waals surface area (Å²) in [4.78, 5) is 18.3. The van der Waals surface area contributed by atoms with Crippen LogP contribution >= 0.6 is 11.3 Å². The zero-order chi connectivity index (χ0) is 25.8. The highest BCUT2D eigenvalue weighted by Gasteiger charge is 2.36. The molecule has 0 fully saturated rings. The third-order valence-electron chi connectivity index (χ3n) is 6.55. The van der Waals surface area contributed by atoms with Gasteiger partial charge in [-0.25, -0.2) is 9.50 Å². The minimum Gasteiger partial charge on any atom is -0.463 e. The van der Waals surface area contributed by atoms with Gasteiger partial charge in [0.05, 0.1) is 11.8 Å². The second kappa shape index (κ2) is 8.48. The van der Waals surface area contributed by atoms with Crippen LogP contribution in [0.1, 0.15) is 59.4 Å². The van der Waals surface area contributed by atoms with Crippen LogP contribution in [0.4, 0.5) is 18.2 Å². The van der Waals surface area contributed by atoms with Crippen molar-refractivity contribution >= 4 is 27.9 Å². The van der Waals surface area contributed by atoms with Crippen LogP contribution < -0.4 is 5.32 Å². The minimum atomic E-state index is -4.74. The van der Waals surface area contributed by atoms with Crippen LogP contribution in [-0.2, 0) is 19.0 Å². The Morgan fingerprint density at radius 1 is 1.31 bits per heavy atom. The summed E-state index contributed by atoms with van der Waals surface area (Å²) in [5.41, 5.74) is -0.0429.